The summed E-state index contributed by atoms with van der Waals surface area (Å²) in [5, 5.41) is 2.92. The Labute approximate surface area is 150 Å². The molecule has 0 spiro atoms. The molecule has 0 bridgehead atoms. The van der Waals surface area contributed by atoms with Gasteiger partial charge in [-0.25, -0.2) is 8.42 Å². The molecule has 0 saturated carbocycles. The Morgan fingerprint density at radius 3 is 2.42 bits per heavy atom. The first kappa shape index (κ1) is 20.9. The normalized spacial score (nSPS) is 13.1. The Morgan fingerprint density at radius 1 is 1.25 bits per heavy atom. The summed E-state index contributed by atoms with van der Waals surface area (Å²) in [6, 6.07) is 4.55. The van der Waals surface area contributed by atoms with Crippen molar-refractivity contribution in [3.63, 3.8) is 0 Å². The second kappa shape index (κ2) is 9.39. The Balaban J connectivity index is 3.00. The lowest BCUT2D eigenvalue weighted by Crippen LogP contribution is -2.30. The van der Waals surface area contributed by atoms with Crippen LogP contribution in [0, 0.1) is 5.92 Å². The first-order valence-corrected chi connectivity index (χ1v) is 10.2. The van der Waals surface area contributed by atoms with Crippen LogP contribution in [0.3, 0.4) is 0 Å². The average molecular weight is 375 g/mol. The van der Waals surface area contributed by atoms with Crippen molar-refractivity contribution in [3.05, 3.63) is 23.2 Å². The van der Waals surface area contributed by atoms with Crippen molar-refractivity contribution in [1.29, 1.82) is 0 Å². The van der Waals surface area contributed by atoms with E-state index in [1.165, 1.54) is 16.4 Å². The fourth-order valence-corrected chi connectivity index (χ4v) is 4.56. The van der Waals surface area contributed by atoms with Gasteiger partial charge in [-0.2, -0.15) is 4.31 Å². The molecule has 0 aliphatic rings. The molecular weight excluding hydrogens is 348 g/mol. The lowest BCUT2D eigenvalue weighted by atomic mass is 10.0. The minimum absolute atomic E-state index is 0.0206. The summed E-state index contributed by atoms with van der Waals surface area (Å²) >= 11 is 6.08. The summed E-state index contributed by atoms with van der Waals surface area (Å²) in [5.74, 6) is 0.172. The summed E-state index contributed by atoms with van der Waals surface area (Å²) in [4.78, 5) is 12.1. The second-order valence-electron chi connectivity index (χ2n) is 5.88. The molecule has 0 aliphatic carbocycles. The zero-order valence-corrected chi connectivity index (χ0v) is 16.4. The molecule has 0 saturated heterocycles. The number of anilines is 1. The monoisotopic (exact) mass is 374 g/mol. The van der Waals surface area contributed by atoms with Crippen LogP contribution in [-0.4, -0.2) is 31.7 Å². The lowest BCUT2D eigenvalue weighted by Gasteiger charge is -2.20. The van der Waals surface area contributed by atoms with E-state index in [9.17, 15) is 13.2 Å². The molecule has 1 rings (SSSR count). The highest BCUT2D eigenvalue weighted by Gasteiger charge is 2.25. The van der Waals surface area contributed by atoms with Gasteiger partial charge in [0.2, 0.25) is 15.9 Å². The number of hydrogen-bond donors (Lipinski definition) is 1. The van der Waals surface area contributed by atoms with Crippen molar-refractivity contribution in [2.24, 2.45) is 5.92 Å². The van der Waals surface area contributed by atoms with Gasteiger partial charge in [0.25, 0.3) is 0 Å². The molecule has 5 nitrogen and oxygen atoms in total. The van der Waals surface area contributed by atoms with E-state index >= 15 is 0 Å². The predicted octanol–water partition coefficient (Wildman–Crippen LogP) is 4.14. The molecule has 1 aromatic rings. The topological polar surface area (TPSA) is 66.5 Å². The van der Waals surface area contributed by atoms with E-state index in [2.05, 4.69) is 12.2 Å². The van der Waals surface area contributed by atoms with Gasteiger partial charge in [0.15, 0.2) is 0 Å². The van der Waals surface area contributed by atoms with Gasteiger partial charge < -0.3 is 5.32 Å². The number of sulfonamides is 1. The number of benzene rings is 1. The average Bonchev–Trinajstić information content (AvgIpc) is 2.50. The van der Waals surface area contributed by atoms with Crippen LogP contribution in [0.2, 0.25) is 5.02 Å². The number of nitrogens with zero attached hydrogens (tertiary/aromatic N) is 1. The van der Waals surface area contributed by atoms with Gasteiger partial charge in [0.05, 0.1) is 5.02 Å². The number of carbonyl (C=O) groups is 1. The van der Waals surface area contributed by atoms with Crippen LogP contribution >= 0.6 is 11.6 Å². The Hall–Kier alpha value is -1.11. The number of halogens is 1. The minimum atomic E-state index is -3.67. The van der Waals surface area contributed by atoms with Gasteiger partial charge >= 0.3 is 0 Å². The quantitative estimate of drug-likeness (QED) is 0.706. The van der Waals surface area contributed by atoms with Gasteiger partial charge in [-0.05, 0) is 24.1 Å². The van der Waals surface area contributed by atoms with Crippen molar-refractivity contribution < 1.29 is 13.2 Å². The fraction of sp³-hybridized carbons (Fsp3) is 0.588. The lowest BCUT2D eigenvalue weighted by molar-refractivity contribution is -0.117. The smallest absolute Gasteiger partial charge is 0.244 e. The molecule has 1 unspecified atom stereocenters. The zero-order chi connectivity index (χ0) is 18.3. The van der Waals surface area contributed by atoms with E-state index in [1.54, 1.807) is 19.9 Å². The molecule has 0 fully saturated rings. The molecule has 7 heteroatoms. The third-order valence-corrected chi connectivity index (χ3v) is 6.38. The molecule has 0 radical (unpaired) electrons. The summed E-state index contributed by atoms with van der Waals surface area (Å²) < 4.78 is 26.6. The van der Waals surface area contributed by atoms with Crippen LogP contribution in [0.25, 0.3) is 0 Å². The molecule has 136 valence electrons. The first-order chi connectivity index (χ1) is 11.3. The molecule has 1 aromatic carbocycles. The maximum atomic E-state index is 12.6. The number of amides is 1. The Kier molecular flexibility index (Phi) is 8.19. The number of rotatable bonds is 9. The standard InChI is InChI=1S/C17H27ClN2O3S/c1-5-8-13(4)11-17(21)19-14-9-10-15(18)16(12-14)24(22,23)20(6-2)7-3/h9-10,12-13H,5-8,11H2,1-4H3,(H,19,21). The highest BCUT2D eigenvalue weighted by atomic mass is 35.5. The summed E-state index contributed by atoms with van der Waals surface area (Å²) in [6.07, 6.45) is 2.42. The largest absolute Gasteiger partial charge is 0.326 e. The zero-order valence-electron chi connectivity index (χ0n) is 14.8. The Morgan fingerprint density at radius 2 is 1.88 bits per heavy atom. The van der Waals surface area contributed by atoms with Gasteiger partial charge in [-0.1, -0.05) is 52.1 Å². The second-order valence-corrected chi connectivity index (χ2v) is 8.19. The van der Waals surface area contributed by atoms with E-state index in [4.69, 9.17) is 11.6 Å². The van der Waals surface area contributed by atoms with Crippen LogP contribution < -0.4 is 5.32 Å². The molecular formula is C17H27ClN2O3S. The van der Waals surface area contributed by atoms with E-state index in [1.807, 2.05) is 6.92 Å². The first-order valence-electron chi connectivity index (χ1n) is 8.35. The van der Waals surface area contributed by atoms with E-state index in [-0.39, 0.29) is 15.8 Å². The van der Waals surface area contributed by atoms with E-state index < -0.39 is 10.0 Å². The van der Waals surface area contributed by atoms with Gasteiger partial charge in [-0.3, -0.25) is 4.79 Å². The van der Waals surface area contributed by atoms with E-state index in [0.29, 0.717) is 31.1 Å². The number of nitrogens with one attached hydrogen (secondary N) is 1. The van der Waals surface area contributed by atoms with Crippen molar-refractivity contribution >= 4 is 33.2 Å². The SMILES string of the molecule is CCCC(C)CC(=O)Nc1ccc(Cl)c(S(=O)(=O)N(CC)CC)c1. The Bertz CT molecular complexity index is 658. The van der Waals surface area contributed by atoms with Crippen LogP contribution in [0.5, 0.6) is 0 Å². The highest BCUT2D eigenvalue weighted by molar-refractivity contribution is 7.89. The van der Waals surface area contributed by atoms with Crippen molar-refractivity contribution in [3.8, 4) is 0 Å². The molecule has 24 heavy (non-hydrogen) atoms. The van der Waals surface area contributed by atoms with Gasteiger partial charge in [0.1, 0.15) is 4.90 Å². The van der Waals surface area contributed by atoms with Crippen LogP contribution in [-0.2, 0) is 14.8 Å². The summed E-state index contributed by atoms with van der Waals surface area (Å²) in [6.45, 7) is 8.38. The van der Waals surface area contributed by atoms with Crippen LogP contribution in [0.1, 0.15) is 47.0 Å². The molecule has 0 aromatic heterocycles. The third-order valence-electron chi connectivity index (χ3n) is 3.85. The summed E-state index contributed by atoms with van der Waals surface area (Å²) in [7, 11) is -3.67. The molecule has 1 N–H and O–H groups in total. The maximum absolute atomic E-state index is 12.6. The predicted molar refractivity (Wildman–Crippen MR) is 98.9 cm³/mol. The summed E-state index contributed by atoms with van der Waals surface area (Å²) in [5.41, 5.74) is 0.443. The van der Waals surface area contributed by atoms with Gasteiger partial charge in [0, 0.05) is 25.2 Å². The fourth-order valence-electron chi connectivity index (χ4n) is 2.60. The van der Waals surface area contributed by atoms with Crippen molar-refractivity contribution in [2.45, 2.75) is 51.9 Å². The highest BCUT2D eigenvalue weighted by Crippen LogP contribution is 2.28. The molecule has 1 amide bonds. The van der Waals surface area contributed by atoms with Crippen molar-refractivity contribution in [2.75, 3.05) is 18.4 Å². The van der Waals surface area contributed by atoms with Gasteiger partial charge in [-0.15, -0.1) is 0 Å². The molecule has 0 heterocycles. The molecule has 1 atom stereocenters. The van der Waals surface area contributed by atoms with Crippen LogP contribution in [0.4, 0.5) is 5.69 Å². The molecule has 0 aliphatic heterocycles. The minimum Gasteiger partial charge on any atom is -0.326 e. The number of carbonyl (C=O) groups excluding carboxylic acids is 1. The van der Waals surface area contributed by atoms with Crippen LogP contribution in [0.15, 0.2) is 23.1 Å². The maximum Gasteiger partial charge on any atom is 0.244 e. The van der Waals surface area contributed by atoms with Crippen molar-refractivity contribution in [1.82, 2.24) is 4.31 Å². The number of hydrogen-bond acceptors (Lipinski definition) is 3. The third kappa shape index (κ3) is 5.46. The van der Waals surface area contributed by atoms with E-state index in [0.717, 1.165) is 12.8 Å².